The molecule has 0 aromatic heterocycles. The molecule has 0 N–H and O–H groups in total. The number of hydrogen-bond donors (Lipinski definition) is 0. The molecule has 0 radical (unpaired) electrons. The Labute approximate surface area is 158 Å². The molecule has 0 atom stereocenters. The smallest absolute Gasteiger partial charge is 0.339 e. The van der Waals surface area contributed by atoms with E-state index in [9.17, 15) is 9.59 Å². The molecule has 2 aromatic carbocycles. The van der Waals surface area contributed by atoms with Gasteiger partial charge in [0.25, 0.3) is 5.91 Å². The van der Waals surface area contributed by atoms with Gasteiger partial charge in [-0.15, -0.1) is 0 Å². The molecule has 140 valence electrons. The molecule has 1 saturated heterocycles. The van der Waals surface area contributed by atoms with Gasteiger partial charge in [0.15, 0.2) is 0 Å². The molecule has 1 spiro atoms. The van der Waals surface area contributed by atoms with E-state index in [1.165, 1.54) is 0 Å². The first-order valence-electron chi connectivity index (χ1n) is 9.37. The standard InChI is InChI=1S/C22H23NO4/c1-15(2)26-17-9-7-16(8-10-17)20(24)23-13-11-22(12-14-23)19-6-4-3-5-18(19)21(25)27-22/h3-10,15H,11-14H2,1-2H3. The lowest BCUT2D eigenvalue weighted by molar-refractivity contribution is -0.0389. The van der Waals surface area contributed by atoms with Crippen molar-refractivity contribution in [3.8, 4) is 5.75 Å². The van der Waals surface area contributed by atoms with E-state index in [1.54, 1.807) is 12.1 Å². The molecule has 27 heavy (non-hydrogen) atoms. The number of nitrogens with zero attached hydrogens (tertiary/aromatic N) is 1. The van der Waals surface area contributed by atoms with Gasteiger partial charge >= 0.3 is 5.97 Å². The highest BCUT2D eigenvalue weighted by Gasteiger charge is 2.47. The maximum Gasteiger partial charge on any atom is 0.339 e. The van der Waals surface area contributed by atoms with Crippen molar-refractivity contribution in [1.82, 2.24) is 4.90 Å². The molecule has 5 heteroatoms. The molecule has 4 rings (SSSR count). The average molecular weight is 365 g/mol. The first-order chi connectivity index (χ1) is 13.0. The summed E-state index contributed by atoms with van der Waals surface area (Å²) in [6.07, 6.45) is 1.34. The Morgan fingerprint density at radius 3 is 2.41 bits per heavy atom. The van der Waals surface area contributed by atoms with Crippen LogP contribution in [0.5, 0.6) is 5.75 Å². The molecule has 1 amide bonds. The number of rotatable bonds is 3. The van der Waals surface area contributed by atoms with Gasteiger partial charge in [-0.1, -0.05) is 18.2 Å². The average Bonchev–Trinajstić information content (AvgIpc) is 2.94. The minimum absolute atomic E-state index is 0.00134. The van der Waals surface area contributed by atoms with Gasteiger partial charge in [-0.05, 0) is 44.2 Å². The van der Waals surface area contributed by atoms with Crippen molar-refractivity contribution in [2.75, 3.05) is 13.1 Å². The van der Waals surface area contributed by atoms with Gasteiger partial charge in [-0.2, -0.15) is 0 Å². The van der Waals surface area contributed by atoms with E-state index in [-0.39, 0.29) is 18.0 Å². The third kappa shape index (κ3) is 3.18. The molecule has 2 aromatic rings. The molecule has 2 heterocycles. The molecule has 2 aliphatic rings. The van der Waals surface area contributed by atoms with Crippen molar-refractivity contribution < 1.29 is 19.1 Å². The fourth-order valence-corrected chi connectivity index (χ4v) is 3.92. The predicted molar refractivity (Wildman–Crippen MR) is 101 cm³/mol. The van der Waals surface area contributed by atoms with E-state index >= 15 is 0 Å². The summed E-state index contributed by atoms with van der Waals surface area (Å²) < 4.78 is 11.4. The van der Waals surface area contributed by atoms with Crippen LogP contribution in [0.3, 0.4) is 0 Å². The molecular formula is C22H23NO4. The van der Waals surface area contributed by atoms with Crippen LogP contribution in [0.1, 0.15) is 53.0 Å². The Bertz CT molecular complexity index is 864. The van der Waals surface area contributed by atoms with E-state index in [0.29, 0.717) is 37.1 Å². The number of esters is 1. The summed E-state index contributed by atoms with van der Waals surface area (Å²) in [5, 5.41) is 0. The van der Waals surface area contributed by atoms with Crippen LogP contribution in [0, 0.1) is 0 Å². The lowest BCUT2D eigenvalue weighted by atomic mass is 9.83. The number of piperidine rings is 1. The highest BCUT2D eigenvalue weighted by Crippen LogP contribution is 2.44. The van der Waals surface area contributed by atoms with Crippen LogP contribution in [0.4, 0.5) is 0 Å². The van der Waals surface area contributed by atoms with E-state index < -0.39 is 5.60 Å². The molecule has 0 unspecified atom stereocenters. The van der Waals surface area contributed by atoms with E-state index in [4.69, 9.17) is 9.47 Å². The van der Waals surface area contributed by atoms with Crippen LogP contribution in [-0.2, 0) is 10.3 Å². The highest BCUT2D eigenvalue weighted by molar-refractivity contribution is 5.95. The fraction of sp³-hybridized carbons (Fsp3) is 0.364. The van der Waals surface area contributed by atoms with Crippen LogP contribution in [0.15, 0.2) is 48.5 Å². The summed E-state index contributed by atoms with van der Waals surface area (Å²) in [5.74, 6) is 0.498. The maximum absolute atomic E-state index is 12.8. The van der Waals surface area contributed by atoms with Crippen molar-refractivity contribution in [1.29, 1.82) is 0 Å². The van der Waals surface area contributed by atoms with Crippen LogP contribution in [0.2, 0.25) is 0 Å². The summed E-state index contributed by atoms with van der Waals surface area (Å²) in [5.41, 5.74) is 1.67. The molecule has 0 aliphatic carbocycles. The van der Waals surface area contributed by atoms with Crippen molar-refractivity contribution >= 4 is 11.9 Å². The van der Waals surface area contributed by atoms with Crippen LogP contribution < -0.4 is 4.74 Å². The second-order valence-corrected chi connectivity index (χ2v) is 7.41. The van der Waals surface area contributed by atoms with Crippen molar-refractivity contribution in [3.05, 3.63) is 65.2 Å². The zero-order chi connectivity index (χ0) is 19.0. The zero-order valence-corrected chi connectivity index (χ0v) is 15.6. The lowest BCUT2D eigenvalue weighted by Crippen LogP contribution is -2.45. The second-order valence-electron chi connectivity index (χ2n) is 7.41. The van der Waals surface area contributed by atoms with Crippen molar-refractivity contribution in [2.24, 2.45) is 0 Å². The van der Waals surface area contributed by atoms with Gasteiger partial charge in [0.1, 0.15) is 11.4 Å². The van der Waals surface area contributed by atoms with Gasteiger partial charge in [0.05, 0.1) is 11.7 Å². The van der Waals surface area contributed by atoms with Crippen LogP contribution in [-0.4, -0.2) is 36.0 Å². The van der Waals surface area contributed by atoms with Gasteiger partial charge < -0.3 is 14.4 Å². The number of carbonyl (C=O) groups excluding carboxylic acids is 2. The highest BCUT2D eigenvalue weighted by atomic mass is 16.6. The molecule has 0 bridgehead atoms. The number of hydrogen-bond acceptors (Lipinski definition) is 4. The van der Waals surface area contributed by atoms with Gasteiger partial charge in [0.2, 0.25) is 0 Å². The number of carbonyl (C=O) groups is 2. The Kier molecular flexibility index (Phi) is 4.38. The molecular weight excluding hydrogens is 342 g/mol. The van der Waals surface area contributed by atoms with Crippen LogP contribution >= 0.6 is 0 Å². The minimum atomic E-state index is -0.584. The maximum atomic E-state index is 12.8. The Hall–Kier alpha value is -2.82. The van der Waals surface area contributed by atoms with Crippen molar-refractivity contribution in [2.45, 2.75) is 38.4 Å². The monoisotopic (exact) mass is 365 g/mol. The third-order valence-electron chi connectivity index (χ3n) is 5.26. The summed E-state index contributed by atoms with van der Waals surface area (Å²) in [6.45, 7) is 5.06. The second kappa shape index (κ2) is 6.72. The SMILES string of the molecule is CC(C)Oc1ccc(C(=O)N2CCC3(CC2)OC(=O)c2ccccc23)cc1. The molecule has 2 aliphatic heterocycles. The van der Waals surface area contributed by atoms with E-state index in [1.807, 2.05) is 55.1 Å². The molecule has 1 fully saturated rings. The summed E-state index contributed by atoms with van der Waals surface area (Å²) in [6, 6.07) is 14.8. The zero-order valence-electron chi connectivity index (χ0n) is 15.6. The van der Waals surface area contributed by atoms with Crippen molar-refractivity contribution in [3.63, 3.8) is 0 Å². The number of likely N-dealkylation sites (tertiary alicyclic amines) is 1. The van der Waals surface area contributed by atoms with Crippen LogP contribution in [0.25, 0.3) is 0 Å². The van der Waals surface area contributed by atoms with Gasteiger partial charge in [-0.25, -0.2) is 4.79 Å². The Balaban J connectivity index is 1.45. The number of benzene rings is 2. The summed E-state index contributed by atoms with van der Waals surface area (Å²) in [4.78, 5) is 26.8. The number of fused-ring (bicyclic) bond motifs is 2. The third-order valence-corrected chi connectivity index (χ3v) is 5.26. The molecule has 0 saturated carbocycles. The van der Waals surface area contributed by atoms with E-state index in [2.05, 4.69) is 0 Å². The quantitative estimate of drug-likeness (QED) is 0.777. The summed E-state index contributed by atoms with van der Waals surface area (Å²) in [7, 11) is 0. The first kappa shape index (κ1) is 17.6. The Morgan fingerprint density at radius 1 is 1.07 bits per heavy atom. The topological polar surface area (TPSA) is 55.8 Å². The van der Waals surface area contributed by atoms with Gasteiger partial charge in [-0.3, -0.25) is 4.79 Å². The number of amides is 1. The summed E-state index contributed by atoms with van der Waals surface area (Å²) >= 11 is 0. The minimum Gasteiger partial charge on any atom is -0.491 e. The Morgan fingerprint density at radius 2 is 1.74 bits per heavy atom. The lowest BCUT2D eigenvalue weighted by Gasteiger charge is -2.38. The fourth-order valence-electron chi connectivity index (χ4n) is 3.92. The van der Waals surface area contributed by atoms with E-state index in [0.717, 1.165) is 11.3 Å². The molecule has 5 nitrogen and oxygen atoms in total. The van der Waals surface area contributed by atoms with Gasteiger partial charge in [0, 0.05) is 37.1 Å². The largest absolute Gasteiger partial charge is 0.491 e. The predicted octanol–water partition coefficient (Wildman–Crippen LogP) is 3.78. The normalized spacial score (nSPS) is 17.7. The number of ether oxygens (including phenoxy) is 2. The first-order valence-corrected chi connectivity index (χ1v) is 9.37.